The first-order valence-electron chi connectivity index (χ1n) is 7.80. The van der Waals surface area contributed by atoms with Crippen LogP contribution < -0.4 is 5.32 Å². The van der Waals surface area contributed by atoms with Crippen molar-refractivity contribution in [3.05, 3.63) is 77.4 Å². The summed E-state index contributed by atoms with van der Waals surface area (Å²) < 4.78 is 1.63. The monoisotopic (exact) mass is 342 g/mol. The van der Waals surface area contributed by atoms with Gasteiger partial charge in [0.1, 0.15) is 17.8 Å². The highest BCUT2D eigenvalue weighted by Gasteiger charge is 2.18. The minimum atomic E-state index is -0.863. The quantitative estimate of drug-likeness (QED) is 0.783. The molecule has 3 rings (SSSR count). The highest BCUT2D eigenvalue weighted by molar-refractivity contribution is 5.92. The Morgan fingerprint density at radius 1 is 1.19 bits per heavy atom. The molecule has 1 amide bonds. The zero-order valence-corrected chi connectivity index (χ0v) is 13.9. The van der Waals surface area contributed by atoms with E-state index in [2.05, 4.69) is 21.5 Å². The lowest BCUT2D eigenvalue weighted by molar-refractivity contribution is 0.0940. The summed E-state index contributed by atoms with van der Waals surface area (Å²) in [4.78, 5) is 16.5. The number of nitrogens with one attached hydrogen (secondary N) is 1. The number of aryl methyl sites for hydroxylation is 1. The van der Waals surface area contributed by atoms with Crippen LogP contribution in [-0.4, -0.2) is 20.7 Å². The van der Waals surface area contributed by atoms with Crippen molar-refractivity contribution in [1.82, 2.24) is 20.1 Å². The van der Waals surface area contributed by atoms with E-state index in [0.29, 0.717) is 16.8 Å². The number of carbonyl (C=O) groups is 1. The Morgan fingerprint density at radius 2 is 1.96 bits per heavy atom. The van der Waals surface area contributed by atoms with Crippen molar-refractivity contribution in [2.24, 2.45) is 0 Å². The summed E-state index contributed by atoms with van der Waals surface area (Å²) in [5.41, 5.74) is 2.44. The van der Waals surface area contributed by atoms with Crippen LogP contribution >= 0.6 is 0 Å². The fraction of sp³-hybridized carbons (Fsp3) is 0.105. The van der Waals surface area contributed by atoms with E-state index in [-0.39, 0.29) is 5.69 Å². The second kappa shape index (κ2) is 7.29. The molecule has 0 bridgehead atoms. The van der Waals surface area contributed by atoms with Crippen LogP contribution in [0.15, 0.2) is 54.9 Å². The smallest absolute Gasteiger partial charge is 0.271 e. The molecule has 3 aromatic rings. The maximum absolute atomic E-state index is 12.4. The third kappa shape index (κ3) is 3.42. The lowest BCUT2D eigenvalue weighted by atomic mass is 10.1. The van der Waals surface area contributed by atoms with Gasteiger partial charge in [0.15, 0.2) is 0 Å². The molecular weight excluding hydrogens is 328 g/mol. The third-order valence-electron chi connectivity index (χ3n) is 3.80. The predicted molar refractivity (Wildman–Crippen MR) is 93.1 cm³/mol. The lowest BCUT2D eigenvalue weighted by Gasteiger charge is -2.10. The predicted octanol–water partition coefficient (Wildman–Crippen LogP) is 2.44. The molecule has 1 aromatic carbocycles. The van der Waals surface area contributed by atoms with Crippen molar-refractivity contribution in [3.63, 3.8) is 0 Å². The number of aromatic nitrogens is 3. The molecule has 1 N–H and O–H groups in total. The molecule has 7 nitrogen and oxygen atoms in total. The van der Waals surface area contributed by atoms with Crippen LogP contribution in [0.25, 0.3) is 5.69 Å². The molecule has 0 spiro atoms. The molecule has 0 saturated heterocycles. The van der Waals surface area contributed by atoms with Crippen LogP contribution in [0.1, 0.15) is 33.4 Å². The molecule has 26 heavy (non-hydrogen) atoms. The zero-order valence-electron chi connectivity index (χ0n) is 13.9. The first-order chi connectivity index (χ1) is 12.6. The fourth-order valence-corrected chi connectivity index (χ4v) is 2.41. The summed E-state index contributed by atoms with van der Waals surface area (Å²) in [6, 6.07) is 15.6. The SMILES string of the molecule is Cc1nc(C(=O)N[C@@H](C#N)c2cnn(-c3ccccc3)c2)ccc1C#N. The van der Waals surface area contributed by atoms with Gasteiger partial charge in [0.25, 0.3) is 5.91 Å². The highest BCUT2D eigenvalue weighted by Crippen LogP contribution is 2.15. The molecule has 0 unspecified atom stereocenters. The van der Waals surface area contributed by atoms with Gasteiger partial charge in [0.2, 0.25) is 0 Å². The molecule has 1 atom stereocenters. The van der Waals surface area contributed by atoms with Gasteiger partial charge in [-0.25, -0.2) is 9.67 Å². The van der Waals surface area contributed by atoms with E-state index in [1.807, 2.05) is 36.4 Å². The van der Waals surface area contributed by atoms with Crippen LogP contribution in [0.2, 0.25) is 0 Å². The maximum Gasteiger partial charge on any atom is 0.271 e. The Labute approximate surface area is 150 Å². The molecule has 0 aliphatic carbocycles. The van der Waals surface area contributed by atoms with E-state index in [0.717, 1.165) is 5.69 Å². The number of amides is 1. The first-order valence-corrected chi connectivity index (χ1v) is 7.80. The van der Waals surface area contributed by atoms with E-state index < -0.39 is 11.9 Å². The van der Waals surface area contributed by atoms with Crippen molar-refractivity contribution in [1.29, 1.82) is 10.5 Å². The minimum Gasteiger partial charge on any atom is -0.331 e. The Bertz CT molecular complexity index is 1030. The summed E-state index contributed by atoms with van der Waals surface area (Å²) in [5.74, 6) is -0.489. The molecule has 2 aromatic heterocycles. The Balaban J connectivity index is 1.79. The number of para-hydroxylation sites is 1. The minimum absolute atomic E-state index is 0.150. The van der Waals surface area contributed by atoms with E-state index in [1.165, 1.54) is 12.1 Å². The van der Waals surface area contributed by atoms with Crippen molar-refractivity contribution in [2.75, 3.05) is 0 Å². The van der Waals surface area contributed by atoms with Crippen LogP contribution in [0.4, 0.5) is 0 Å². The first kappa shape index (κ1) is 16.9. The lowest BCUT2D eigenvalue weighted by Crippen LogP contribution is -2.28. The topological polar surface area (TPSA) is 107 Å². The largest absolute Gasteiger partial charge is 0.331 e. The van der Waals surface area contributed by atoms with E-state index in [1.54, 1.807) is 24.0 Å². The van der Waals surface area contributed by atoms with Crippen LogP contribution in [0.5, 0.6) is 0 Å². The van der Waals surface area contributed by atoms with Gasteiger partial charge in [-0.3, -0.25) is 4.79 Å². The Morgan fingerprint density at radius 3 is 2.62 bits per heavy atom. The van der Waals surface area contributed by atoms with Crippen molar-refractivity contribution >= 4 is 5.91 Å². The molecule has 0 saturated carbocycles. The maximum atomic E-state index is 12.4. The second-order valence-electron chi connectivity index (χ2n) is 5.53. The van der Waals surface area contributed by atoms with Gasteiger partial charge in [-0.05, 0) is 31.2 Å². The van der Waals surface area contributed by atoms with E-state index in [4.69, 9.17) is 5.26 Å². The average Bonchev–Trinajstić information content (AvgIpc) is 3.16. The van der Waals surface area contributed by atoms with E-state index in [9.17, 15) is 10.1 Å². The number of hydrogen-bond donors (Lipinski definition) is 1. The number of pyridine rings is 1. The second-order valence-corrected chi connectivity index (χ2v) is 5.53. The van der Waals surface area contributed by atoms with Gasteiger partial charge < -0.3 is 5.32 Å². The summed E-state index contributed by atoms with van der Waals surface area (Å²) in [6.07, 6.45) is 3.24. The van der Waals surface area contributed by atoms with Crippen LogP contribution in [-0.2, 0) is 0 Å². The summed E-state index contributed by atoms with van der Waals surface area (Å²) in [5, 5.41) is 25.2. The molecule has 0 radical (unpaired) electrons. The molecular formula is C19H14N6O. The zero-order chi connectivity index (χ0) is 18.5. The number of hydrogen-bond acceptors (Lipinski definition) is 5. The average molecular weight is 342 g/mol. The Kier molecular flexibility index (Phi) is 4.73. The number of nitrogens with zero attached hydrogens (tertiary/aromatic N) is 5. The van der Waals surface area contributed by atoms with Gasteiger partial charge in [-0.15, -0.1) is 0 Å². The normalized spacial score (nSPS) is 11.2. The summed E-state index contributed by atoms with van der Waals surface area (Å²) in [7, 11) is 0. The number of carbonyl (C=O) groups excluding carboxylic acids is 1. The molecule has 0 aliphatic rings. The van der Waals surface area contributed by atoms with Gasteiger partial charge in [0, 0.05) is 11.8 Å². The fourth-order valence-electron chi connectivity index (χ4n) is 2.41. The molecule has 0 fully saturated rings. The van der Waals surface area contributed by atoms with Crippen molar-refractivity contribution in [3.8, 4) is 17.8 Å². The van der Waals surface area contributed by atoms with Gasteiger partial charge in [0.05, 0.1) is 29.2 Å². The van der Waals surface area contributed by atoms with Crippen molar-refractivity contribution < 1.29 is 4.79 Å². The summed E-state index contributed by atoms with van der Waals surface area (Å²) >= 11 is 0. The van der Waals surface area contributed by atoms with Crippen LogP contribution in [0, 0.1) is 29.6 Å². The molecule has 7 heteroatoms. The number of rotatable bonds is 4. The summed E-state index contributed by atoms with van der Waals surface area (Å²) in [6.45, 7) is 1.65. The van der Waals surface area contributed by atoms with Crippen molar-refractivity contribution in [2.45, 2.75) is 13.0 Å². The number of benzene rings is 1. The molecule has 126 valence electrons. The van der Waals surface area contributed by atoms with Gasteiger partial charge in [-0.2, -0.15) is 15.6 Å². The third-order valence-corrected chi connectivity index (χ3v) is 3.80. The van der Waals surface area contributed by atoms with Gasteiger partial charge in [-0.1, -0.05) is 18.2 Å². The standard InChI is InChI=1S/C19H14N6O/c1-13-14(9-20)7-8-17(23-13)19(26)24-18(10-21)15-11-22-25(12-15)16-5-3-2-4-6-16/h2-8,11-12,18H,1H3,(H,24,26)/t18-/m0/s1. The number of nitriles is 2. The van der Waals surface area contributed by atoms with Crippen LogP contribution in [0.3, 0.4) is 0 Å². The highest BCUT2D eigenvalue weighted by atomic mass is 16.1. The molecule has 0 aliphatic heterocycles. The van der Waals surface area contributed by atoms with E-state index >= 15 is 0 Å². The van der Waals surface area contributed by atoms with Gasteiger partial charge >= 0.3 is 0 Å². The molecule has 2 heterocycles. The Hall–Kier alpha value is -3.97.